The number of hydrogen-bond donors (Lipinski definition) is 1. The number of hydrogen-bond acceptors (Lipinski definition) is 5. The third kappa shape index (κ3) is 5.33. The second kappa shape index (κ2) is 9.05. The van der Waals surface area contributed by atoms with E-state index in [1.165, 1.54) is 22.3 Å². The van der Waals surface area contributed by atoms with Crippen LogP contribution < -0.4 is 0 Å². The van der Waals surface area contributed by atoms with Crippen LogP contribution in [0, 0.1) is 5.82 Å². The van der Waals surface area contributed by atoms with Crippen LogP contribution in [-0.2, 0) is 16.0 Å². The van der Waals surface area contributed by atoms with Gasteiger partial charge >= 0.3 is 5.97 Å². The van der Waals surface area contributed by atoms with E-state index in [9.17, 15) is 14.0 Å². The van der Waals surface area contributed by atoms with Gasteiger partial charge in [-0.2, -0.15) is 0 Å². The summed E-state index contributed by atoms with van der Waals surface area (Å²) >= 11 is 1.29. The minimum atomic E-state index is -0.960. The lowest BCUT2D eigenvalue weighted by atomic mass is 10.1. The van der Waals surface area contributed by atoms with Crippen LogP contribution in [0.2, 0.25) is 0 Å². The van der Waals surface area contributed by atoms with Gasteiger partial charge < -0.3 is 14.7 Å². The predicted octanol–water partition coefficient (Wildman–Crippen LogP) is 2.97. The first-order valence-electron chi connectivity index (χ1n) is 8.83. The number of carboxylic acids is 1. The van der Waals surface area contributed by atoms with Crippen LogP contribution in [0.1, 0.15) is 40.3 Å². The third-order valence-electron chi connectivity index (χ3n) is 4.40. The number of nitrogens with zero attached hydrogens (tertiary/aromatic N) is 2. The molecule has 1 amide bonds. The molecule has 1 aromatic heterocycles. The molecule has 0 aliphatic carbocycles. The Hall–Kier alpha value is -2.32. The smallest absolute Gasteiger partial charge is 0.305 e. The molecule has 0 bridgehead atoms. The summed E-state index contributed by atoms with van der Waals surface area (Å²) in [4.78, 5) is 29.6. The lowest BCUT2D eigenvalue weighted by molar-refractivity contribution is -0.137. The fraction of sp³-hybridized carbons (Fsp3) is 0.421. The molecule has 2 aromatic rings. The van der Waals surface area contributed by atoms with Crippen LogP contribution in [0.15, 0.2) is 29.6 Å². The van der Waals surface area contributed by atoms with Crippen LogP contribution in [0.25, 0.3) is 0 Å². The summed E-state index contributed by atoms with van der Waals surface area (Å²) in [5.74, 6) is -1.58. The van der Waals surface area contributed by atoms with Crippen molar-refractivity contribution < 1.29 is 23.8 Å². The Labute approximate surface area is 160 Å². The van der Waals surface area contributed by atoms with E-state index in [1.807, 2.05) is 0 Å². The molecule has 1 aliphatic rings. The van der Waals surface area contributed by atoms with Crippen LogP contribution in [0.4, 0.5) is 4.39 Å². The van der Waals surface area contributed by atoms with Gasteiger partial charge in [-0.25, -0.2) is 9.37 Å². The summed E-state index contributed by atoms with van der Waals surface area (Å²) in [5, 5.41) is 11.2. The van der Waals surface area contributed by atoms with E-state index in [4.69, 9.17) is 9.84 Å². The molecule has 6 nitrogen and oxygen atoms in total. The van der Waals surface area contributed by atoms with E-state index in [0.717, 1.165) is 12.8 Å². The number of ether oxygens (including phenoxy) is 1. The summed E-state index contributed by atoms with van der Waals surface area (Å²) in [6.45, 7) is 1.12. The monoisotopic (exact) mass is 392 g/mol. The Kier molecular flexibility index (Phi) is 6.52. The van der Waals surface area contributed by atoms with E-state index in [1.54, 1.807) is 23.6 Å². The maximum Gasteiger partial charge on any atom is 0.305 e. The summed E-state index contributed by atoms with van der Waals surface area (Å²) in [6.07, 6.45) is 1.90. The first-order chi connectivity index (χ1) is 13.0. The van der Waals surface area contributed by atoms with Crippen molar-refractivity contribution in [2.24, 2.45) is 0 Å². The molecule has 1 atom stereocenters. The van der Waals surface area contributed by atoms with E-state index in [-0.39, 0.29) is 36.5 Å². The minimum Gasteiger partial charge on any atom is -0.481 e. The van der Waals surface area contributed by atoms with Crippen molar-refractivity contribution >= 4 is 23.2 Å². The fourth-order valence-electron chi connectivity index (χ4n) is 3.00. The minimum absolute atomic E-state index is 0.0701. The molecule has 1 N–H and O–H groups in total. The highest BCUT2D eigenvalue weighted by Crippen LogP contribution is 2.19. The number of thiazole rings is 1. The molecular formula is C19H21FN2O4S. The quantitative estimate of drug-likeness (QED) is 0.747. The average Bonchev–Trinajstić information content (AvgIpc) is 3.32. The second-order valence-electron chi connectivity index (χ2n) is 6.42. The Morgan fingerprint density at radius 1 is 1.37 bits per heavy atom. The molecule has 144 valence electrons. The summed E-state index contributed by atoms with van der Waals surface area (Å²) in [7, 11) is 0. The third-order valence-corrected chi connectivity index (χ3v) is 5.25. The van der Waals surface area contributed by atoms with Crippen molar-refractivity contribution in [1.29, 1.82) is 0 Å². The van der Waals surface area contributed by atoms with Crippen molar-refractivity contribution in [3.05, 3.63) is 51.7 Å². The van der Waals surface area contributed by atoms with Gasteiger partial charge in [-0.3, -0.25) is 9.59 Å². The lowest BCUT2D eigenvalue weighted by Crippen LogP contribution is -2.39. The molecular weight excluding hydrogens is 371 g/mol. The molecule has 1 saturated heterocycles. The normalized spacial score (nSPS) is 16.4. The van der Waals surface area contributed by atoms with Gasteiger partial charge in [0.1, 0.15) is 11.5 Å². The number of amides is 1. The number of rotatable bonds is 8. The molecule has 0 radical (unpaired) electrons. The lowest BCUT2D eigenvalue weighted by Gasteiger charge is -2.24. The molecule has 1 aromatic carbocycles. The van der Waals surface area contributed by atoms with Gasteiger partial charge in [0.2, 0.25) is 0 Å². The maximum atomic E-state index is 13.8. The van der Waals surface area contributed by atoms with Crippen molar-refractivity contribution in [1.82, 2.24) is 9.88 Å². The van der Waals surface area contributed by atoms with Crippen LogP contribution in [-0.4, -0.2) is 52.7 Å². The molecule has 1 aliphatic heterocycles. The van der Waals surface area contributed by atoms with E-state index < -0.39 is 5.97 Å². The number of benzene rings is 1. The second-order valence-corrected chi connectivity index (χ2v) is 7.37. The Bertz CT molecular complexity index is 805. The summed E-state index contributed by atoms with van der Waals surface area (Å²) < 4.78 is 19.4. The van der Waals surface area contributed by atoms with E-state index in [0.29, 0.717) is 30.1 Å². The van der Waals surface area contributed by atoms with Gasteiger partial charge in [-0.1, -0.05) is 18.2 Å². The number of aromatic nitrogens is 1. The number of halogens is 1. The van der Waals surface area contributed by atoms with Crippen LogP contribution in [0.3, 0.4) is 0 Å². The Balaban J connectivity index is 1.70. The van der Waals surface area contributed by atoms with E-state index in [2.05, 4.69) is 4.98 Å². The SMILES string of the molecule is O=C(O)CCN(C[C@@H]1CCCO1)C(=O)c1csc(Cc2ccccc2F)n1. The molecule has 8 heteroatoms. The van der Waals surface area contributed by atoms with Crippen molar-refractivity contribution in [2.75, 3.05) is 19.7 Å². The van der Waals surface area contributed by atoms with Gasteiger partial charge in [0.25, 0.3) is 5.91 Å². The Morgan fingerprint density at radius 3 is 2.89 bits per heavy atom. The van der Waals surface area contributed by atoms with Gasteiger partial charge in [0, 0.05) is 31.5 Å². The molecule has 0 unspecified atom stereocenters. The zero-order valence-electron chi connectivity index (χ0n) is 14.8. The van der Waals surface area contributed by atoms with E-state index >= 15 is 0 Å². The first kappa shape index (κ1) is 19.4. The predicted molar refractivity (Wildman–Crippen MR) is 98.5 cm³/mol. The highest BCUT2D eigenvalue weighted by atomic mass is 32.1. The zero-order chi connectivity index (χ0) is 19.2. The topological polar surface area (TPSA) is 79.7 Å². The molecule has 0 saturated carbocycles. The van der Waals surface area contributed by atoms with Gasteiger partial charge in [0.15, 0.2) is 0 Å². The van der Waals surface area contributed by atoms with Gasteiger partial charge in [-0.05, 0) is 24.5 Å². The highest BCUT2D eigenvalue weighted by molar-refractivity contribution is 7.09. The number of carbonyl (C=O) groups is 2. The molecule has 27 heavy (non-hydrogen) atoms. The zero-order valence-corrected chi connectivity index (χ0v) is 15.6. The molecule has 0 spiro atoms. The Morgan fingerprint density at radius 2 is 2.19 bits per heavy atom. The van der Waals surface area contributed by atoms with Crippen molar-refractivity contribution in [3.63, 3.8) is 0 Å². The molecule has 2 heterocycles. The molecule has 1 fully saturated rings. The largest absolute Gasteiger partial charge is 0.481 e. The van der Waals surface area contributed by atoms with Gasteiger partial charge in [0.05, 0.1) is 17.5 Å². The van der Waals surface area contributed by atoms with Crippen LogP contribution in [0.5, 0.6) is 0 Å². The number of carboxylic acid groups (broad SMARTS) is 1. The highest BCUT2D eigenvalue weighted by Gasteiger charge is 2.25. The standard InChI is InChI=1S/C19H21FN2O4S/c20-15-6-2-1-4-13(15)10-17-21-16(12-27-17)19(25)22(8-7-18(23)24)11-14-5-3-9-26-14/h1-2,4,6,12,14H,3,5,7-11H2,(H,23,24)/t14-/m0/s1. The van der Waals surface area contributed by atoms with Crippen LogP contribution >= 0.6 is 11.3 Å². The molecule has 3 rings (SSSR count). The first-order valence-corrected chi connectivity index (χ1v) is 9.71. The number of carbonyl (C=O) groups excluding carboxylic acids is 1. The van der Waals surface area contributed by atoms with Crippen molar-refractivity contribution in [2.45, 2.75) is 31.8 Å². The number of aliphatic carboxylic acids is 1. The average molecular weight is 392 g/mol. The summed E-state index contributed by atoms with van der Waals surface area (Å²) in [5.41, 5.74) is 0.780. The maximum absolute atomic E-state index is 13.8. The fourth-order valence-corrected chi connectivity index (χ4v) is 3.79. The summed E-state index contributed by atoms with van der Waals surface area (Å²) in [6, 6.07) is 6.47. The van der Waals surface area contributed by atoms with Gasteiger partial charge in [-0.15, -0.1) is 11.3 Å². The van der Waals surface area contributed by atoms with Crippen molar-refractivity contribution in [3.8, 4) is 0 Å².